The number of benzene rings is 1. The van der Waals surface area contributed by atoms with Crippen LogP contribution in [-0.4, -0.2) is 51.0 Å². The summed E-state index contributed by atoms with van der Waals surface area (Å²) in [6, 6.07) is 4.82. The average Bonchev–Trinajstić information content (AvgIpc) is 2.96. The summed E-state index contributed by atoms with van der Waals surface area (Å²) < 4.78 is 16.4. The van der Waals surface area contributed by atoms with Gasteiger partial charge in [-0.25, -0.2) is 0 Å². The number of hydrogen-bond donors (Lipinski definition) is 2. The predicted molar refractivity (Wildman–Crippen MR) is 88.1 cm³/mol. The van der Waals surface area contributed by atoms with E-state index < -0.39 is 0 Å². The van der Waals surface area contributed by atoms with Crippen LogP contribution in [0.25, 0.3) is 0 Å². The van der Waals surface area contributed by atoms with Crippen LogP contribution in [0, 0.1) is 0 Å². The Hall–Kier alpha value is -1.34. The highest BCUT2D eigenvalue weighted by Gasteiger charge is 2.30. The fourth-order valence-electron chi connectivity index (χ4n) is 2.32. The van der Waals surface area contributed by atoms with Crippen molar-refractivity contribution < 1.29 is 19.0 Å². The van der Waals surface area contributed by atoms with E-state index >= 15 is 0 Å². The standard InChI is InChI=1S/C16H23ClN2O4/c1-2-22-15-10-21-9-13(15)19-16(20)11-4-5-14(12(17)8-11)23-7-3-6-18/h4-5,8,13,15H,2-3,6-7,9-10,18H2,1H3,(H,19,20)/t13-,15-/m0/s1. The largest absolute Gasteiger partial charge is 0.492 e. The Labute approximate surface area is 141 Å². The number of hydrogen-bond acceptors (Lipinski definition) is 5. The van der Waals surface area contributed by atoms with Crippen molar-refractivity contribution in [1.82, 2.24) is 5.32 Å². The van der Waals surface area contributed by atoms with Crippen molar-refractivity contribution in [1.29, 1.82) is 0 Å². The van der Waals surface area contributed by atoms with Gasteiger partial charge in [0.1, 0.15) is 11.9 Å². The van der Waals surface area contributed by atoms with Crippen LogP contribution < -0.4 is 15.8 Å². The summed E-state index contributed by atoms with van der Waals surface area (Å²) in [7, 11) is 0. The minimum absolute atomic E-state index is 0.113. The van der Waals surface area contributed by atoms with E-state index in [2.05, 4.69) is 5.32 Å². The lowest BCUT2D eigenvalue weighted by atomic mass is 10.1. The summed E-state index contributed by atoms with van der Waals surface area (Å²) in [5, 5.41) is 3.33. The molecule has 6 nitrogen and oxygen atoms in total. The molecule has 1 aliphatic rings. The maximum atomic E-state index is 12.3. The Bertz CT molecular complexity index is 527. The van der Waals surface area contributed by atoms with Gasteiger partial charge in [0.05, 0.1) is 30.9 Å². The Morgan fingerprint density at radius 2 is 2.30 bits per heavy atom. The third-order valence-corrected chi connectivity index (χ3v) is 3.82. The molecule has 1 aromatic carbocycles. The average molecular weight is 343 g/mol. The lowest BCUT2D eigenvalue weighted by Gasteiger charge is -2.19. The molecule has 1 fully saturated rings. The minimum atomic E-state index is -0.208. The molecule has 1 heterocycles. The van der Waals surface area contributed by atoms with Crippen molar-refractivity contribution in [3.8, 4) is 5.75 Å². The third-order valence-electron chi connectivity index (χ3n) is 3.53. The summed E-state index contributed by atoms with van der Waals surface area (Å²) in [6.45, 7) is 4.50. The van der Waals surface area contributed by atoms with Gasteiger partial charge in [0.15, 0.2) is 0 Å². The quantitative estimate of drug-likeness (QED) is 0.701. The summed E-state index contributed by atoms with van der Waals surface area (Å²) in [5.74, 6) is 0.341. The zero-order valence-electron chi connectivity index (χ0n) is 13.2. The lowest BCUT2D eigenvalue weighted by Crippen LogP contribution is -2.43. The van der Waals surface area contributed by atoms with Crippen LogP contribution in [0.1, 0.15) is 23.7 Å². The monoisotopic (exact) mass is 342 g/mol. The van der Waals surface area contributed by atoms with Crippen molar-refractivity contribution in [2.24, 2.45) is 5.73 Å². The van der Waals surface area contributed by atoms with Crippen molar-refractivity contribution in [3.05, 3.63) is 28.8 Å². The first-order valence-corrected chi connectivity index (χ1v) is 8.16. The zero-order valence-corrected chi connectivity index (χ0v) is 14.0. The molecule has 1 saturated heterocycles. The number of carbonyl (C=O) groups is 1. The van der Waals surface area contributed by atoms with Gasteiger partial charge >= 0.3 is 0 Å². The topological polar surface area (TPSA) is 82.8 Å². The number of nitrogens with one attached hydrogen (secondary N) is 1. The summed E-state index contributed by atoms with van der Waals surface area (Å²) >= 11 is 6.16. The van der Waals surface area contributed by atoms with Gasteiger partial charge in [-0.05, 0) is 38.1 Å². The smallest absolute Gasteiger partial charge is 0.251 e. The zero-order chi connectivity index (χ0) is 16.7. The van der Waals surface area contributed by atoms with Gasteiger partial charge in [-0.1, -0.05) is 11.6 Å². The van der Waals surface area contributed by atoms with Crippen LogP contribution >= 0.6 is 11.6 Å². The van der Waals surface area contributed by atoms with Gasteiger partial charge in [-0.2, -0.15) is 0 Å². The number of rotatable bonds is 8. The third kappa shape index (κ3) is 5.07. The van der Waals surface area contributed by atoms with E-state index in [0.29, 0.717) is 49.3 Å². The van der Waals surface area contributed by atoms with Crippen LogP contribution in [0.3, 0.4) is 0 Å². The summed E-state index contributed by atoms with van der Waals surface area (Å²) in [6.07, 6.45) is 0.636. The van der Waals surface area contributed by atoms with E-state index in [9.17, 15) is 4.79 Å². The molecule has 1 aliphatic heterocycles. The molecule has 0 bridgehead atoms. The van der Waals surface area contributed by atoms with E-state index in [-0.39, 0.29) is 18.1 Å². The molecule has 2 rings (SSSR count). The molecule has 0 aliphatic carbocycles. The first-order chi connectivity index (χ1) is 11.2. The van der Waals surface area contributed by atoms with E-state index in [1.165, 1.54) is 0 Å². The number of halogens is 1. The molecule has 7 heteroatoms. The Balaban J connectivity index is 1.95. The molecule has 23 heavy (non-hydrogen) atoms. The van der Waals surface area contributed by atoms with Crippen LogP contribution in [0.4, 0.5) is 0 Å². The minimum Gasteiger partial charge on any atom is -0.492 e. The maximum Gasteiger partial charge on any atom is 0.251 e. The first-order valence-electron chi connectivity index (χ1n) is 7.78. The Morgan fingerprint density at radius 3 is 3.00 bits per heavy atom. The van der Waals surface area contributed by atoms with Gasteiger partial charge in [0.25, 0.3) is 5.91 Å². The summed E-state index contributed by atoms with van der Waals surface area (Å²) in [4.78, 5) is 12.3. The Morgan fingerprint density at radius 1 is 1.48 bits per heavy atom. The highest BCUT2D eigenvalue weighted by Crippen LogP contribution is 2.25. The number of carbonyl (C=O) groups excluding carboxylic acids is 1. The van der Waals surface area contributed by atoms with Crippen molar-refractivity contribution in [2.75, 3.05) is 33.0 Å². The second-order valence-electron chi connectivity index (χ2n) is 5.25. The van der Waals surface area contributed by atoms with Crippen molar-refractivity contribution in [3.63, 3.8) is 0 Å². The van der Waals surface area contributed by atoms with Gasteiger partial charge in [-0.15, -0.1) is 0 Å². The number of ether oxygens (including phenoxy) is 3. The van der Waals surface area contributed by atoms with Gasteiger partial charge in [0.2, 0.25) is 0 Å². The second-order valence-corrected chi connectivity index (χ2v) is 5.65. The fourth-order valence-corrected chi connectivity index (χ4v) is 2.56. The van der Waals surface area contributed by atoms with Gasteiger partial charge in [-0.3, -0.25) is 4.79 Å². The molecule has 1 amide bonds. The predicted octanol–water partition coefficient (Wildman–Crippen LogP) is 1.60. The molecule has 1 aromatic rings. The molecule has 0 aromatic heterocycles. The molecular weight excluding hydrogens is 320 g/mol. The van der Waals surface area contributed by atoms with Gasteiger partial charge in [0, 0.05) is 12.2 Å². The van der Waals surface area contributed by atoms with Crippen LogP contribution in [0.2, 0.25) is 5.02 Å². The second kappa shape index (κ2) is 9.08. The lowest BCUT2D eigenvalue weighted by molar-refractivity contribution is 0.0402. The van der Waals surface area contributed by atoms with Crippen molar-refractivity contribution in [2.45, 2.75) is 25.5 Å². The number of nitrogens with two attached hydrogens (primary N) is 1. The van der Waals surface area contributed by atoms with E-state index in [0.717, 1.165) is 6.42 Å². The number of amides is 1. The fraction of sp³-hybridized carbons (Fsp3) is 0.562. The van der Waals surface area contributed by atoms with E-state index in [4.69, 9.17) is 31.5 Å². The molecule has 0 radical (unpaired) electrons. The SMILES string of the molecule is CCO[C@H]1COC[C@@H]1NC(=O)c1ccc(OCCCN)c(Cl)c1. The van der Waals surface area contributed by atoms with Crippen LogP contribution in [-0.2, 0) is 9.47 Å². The molecule has 2 atom stereocenters. The van der Waals surface area contributed by atoms with E-state index in [1.807, 2.05) is 6.92 Å². The normalized spacial score (nSPS) is 20.5. The molecular formula is C16H23ClN2O4. The van der Waals surface area contributed by atoms with E-state index in [1.54, 1.807) is 18.2 Å². The highest BCUT2D eigenvalue weighted by molar-refractivity contribution is 6.32. The highest BCUT2D eigenvalue weighted by atomic mass is 35.5. The molecule has 0 unspecified atom stereocenters. The maximum absolute atomic E-state index is 12.3. The van der Waals surface area contributed by atoms with Gasteiger partial charge < -0.3 is 25.3 Å². The van der Waals surface area contributed by atoms with Crippen LogP contribution in [0.15, 0.2) is 18.2 Å². The van der Waals surface area contributed by atoms with Crippen LogP contribution in [0.5, 0.6) is 5.75 Å². The summed E-state index contributed by atoms with van der Waals surface area (Å²) in [5.41, 5.74) is 5.89. The molecule has 0 saturated carbocycles. The Kier molecular flexibility index (Phi) is 7.11. The molecule has 0 spiro atoms. The molecule has 128 valence electrons. The molecule has 3 N–H and O–H groups in total. The first kappa shape index (κ1) is 18.0. The van der Waals surface area contributed by atoms with Crippen molar-refractivity contribution >= 4 is 17.5 Å².